The van der Waals surface area contributed by atoms with Crippen LogP contribution in [0, 0.1) is 17.0 Å². The molecule has 0 fully saturated rings. The molecule has 24 heavy (non-hydrogen) atoms. The highest BCUT2D eigenvalue weighted by atomic mass is 16.6. The van der Waals surface area contributed by atoms with E-state index in [-0.39, 0.29) is 5.69 Å². The summed E-state index contributed by atoms with van der Waals surface area (Å²) >= 11 is 0. The number of anilines is 1. The number of nitro benzene ring substituents is 1. The van der Waals surface area contributed by atoms with Crippen LogP contribution in [0.5, 0.6) is 0 Å². The minimum atomic E-state index is -0.528. The Bertz CT molecular complexity index is 746. The number of amides is 2. The fourth-order valence-corrected chi connectivity index (χ4v) is 2.43. The van der Waals surface area contributed by atoms with Crippen LogP contribution in [0.4, 0.5) is 16.2 Å². The smallest absolute Gasteiger partial charge is 0.319 e. The second kappa shape index (κ2) is 7.12. The number of non-ortho nitro benzene ring substituents is 1. The normalized spacial score (nSPS) is 13.0. The number of carbonyl (C=O) groups excluding carboxylic acids is 1. The first-order valence-electron chi connectivity index (χ1n) is 7.75. The average Bonchev–Trinajstić information content (AvgIpc) is 2.57. The maximum atomic E-state index is 12.4. The Morgan fingerprint density at radius 1 is 1.21 bits per heavy atom. The fraction of sp³-hybridized carbons (Fsp3) is 0.278. The molecule has 2 N–H and O–H groups in total. The molecular weight excluding hydrogens is 306 g/mol. The predicted octanol–water partition coefficient (Wildman–Crippen LogP) is 4.35. The van der Waals surface area contributed by atoms with Gasteiger partial charge in [0.15, 0.2) is 0 Å². The number of hydrogen-bond acceptors (Lipinski definition) is 3. The van der Waals surface area contributed by atoms with Gasteiger partial charge in [0.05, 0.1) is 16.1 Å². The van der Waals surface area contributed by atoms with Gasteiger partial charge in [0.1, 0.15) is 0 Å². The first-order chi connectivity index (χ1) is 11.4. The van der Waals surface area contributed by atoms with E-state index in [0.717, 1.165) is 11.1 Å². The molecule has 1 unspecified atom stereocenters. The molecule has 0 aromatic heterocycles. The van der Waals surface area contributed by atoms with Gasteiger partial charge in [-0.1, -0.05) is 43.3 Å². The Hall–Kier alpha value is -2.89. The molecule has 0 aliphatic heterocycles. The van der Waals surface area contributed by atoms with Gasteiger partial charge in [-0.25, -0.2) is 4.79 Å². The van der Waals surface area contributed by atoms with Crippen LogP contribution in [-0.4, -0.2) is 11.0 Å². The van der Waals surface area contributed by atoms with E-state index in [2.05, 4.69) is 10.6 Å². The van der Waals surface area contributed by atoms with Crippen molar-refractivity contribution in [2.75, 3.05) is 5.32 Å². The van der Waals surface area contributed by atoms with Crippen LogP contribution >= 0.6 is 0 Å². The van der Waals surface area contributed by atoms with Crippen LogP contribution in [0.25, 0.3) is 0 Å². The molecular formula is C18H21N3O3. The lowest BCUT2D eigenvalue weighted by atomic mass is 9.89. The summed E-state index contributed by atoms with van der Waals surface area (Å²) in [6, 6.07) is 13.7. The topological polar surface area (TPSA) is 84.3 Å². The van der Waals surface area contributed by atoms with Gasteiger partial charge < -0.3 is 10.6 Å². The van der Waals surface area contributed by atoms with E-state index in [0.29, 0.717) is 12.1 Å². The summed E-state index contributed by atoms with van der Waals surface area (Å²) in [4.78, 5) is 22.8. The molecule has 0 aliphatic rings. The maximum absolute atomic E-state index is 12.4. The molecule has 126 valence electrons. The summed E-state index contributed by atoms with van der Waals surface area (Å²) in [5.41, 5.74) is 1.59. The van der Waals surface area contributed by atoms with E-state index in [1.165, 1.54) is 12.1 Å². The van der Waals surface area contributed by atoms with E-state index in [1.807, 2.05) is 44.2 Å². The van der Waals surface area contributed by atoms with Crippen molar-refractivity contribution in [3.63, 3.8) is 0 Å². The molecule has 0 aliphatic carbocycles. The van der Waals surface area contributed by atoms with Gasteiger partial charge in [0, 0.05) is 12.1 Å². The number of nitro groups is 1. The lowest BCUT2D eigenvalue weighted by Crippen LogP contribution is -2.45. The van der Waals surface area contributed by atoms with Gasteiger partial charge in [-0.2, -0.15) is 0 Å². The first-order valence-corrected chi connectivity index (χ1v) is 7.75. The third-order valence-electron chi connectivity index (χ3n) is 4.19. The van der Waals surface area contributed by atoms with Crippen LogP contribution < -0.4 is 10.6 Å². The van der Waals surface area contributed by atoms with Crippen molar-refractivity contribution in [3.05, 3.63) is 69.8 Å². The first kappa shape index (κ1) is 17.5. The van der Waals surface area contributed by atoms with E-state index < -0.39 is 16.5 Å². The number of urea groups is 1. The van der Waals surface area contributed by atoms with Crippen molar-refractivity contribution < 1.29 is 9.72 Å². The minimum Gasteiger partial charge on any atom is -0.329 e. The number of carbonyl (C=O) groups is 1. The summed E-state index contributed by atoms with van der Waals surface area (Å²) in [6.07, 6.45) is 0.707. The number of nitrogens with zero attached hydrogens (tertiary/aromatic N) is 1. The van der Waals surface area contributed by atoms with Crippen molar-refractivity contribution in [3.8, 4) is 0 Å². The van der Waals surface area contributed by atoms with Crippen LogP contribution in [0.1, 0.15) is 31.4 Å². The van der Waals surface area contributed by atoms with Crippen LogP contribution in [0.2, 0.25) is 0 Å². The molecule has 1 atom stereocenters. The summed E-state index contributed by atoms with van der Waals surface area (Å²) in [5, 5.41) is 16.6. The third kappa shape index (κ3) is 3.90. The van der Waals surface area contributed by atoms with Gasteiger partial charge in [-0.05, 0) is 31.4 Å². The van der Waals surface area contributed by atoms with Gasteiger partial charge in [0.2, 0.25) is 0 Å². The fourth-order valence-electron chi connectivity index (χ4n) is 2.43. The quantitative estimate of drug-likeness (QED) is 0.632. The zero-order chi connectivity index (χ0) is 17.7. The monoisotopic (exact) mass is 327 g/mol. The molecule has 0 spiro atoms. The van der Waals surface area contributed by atoms with E-state index in [9.17, 15) is 14.9 Å². The predicted molar refractivity (Wildman–Crippen MR) is 94.1 cm³/mol. The van der Waals surface area contributed by atoms with Crippen LogP contribution in [0.3, 0.4) is 0 Å². The average molecular weight is 327 g/mol. The van der Waals surface area contributed by atoms with Crippen molar-refractivity contribution >= 4 is 17.4 Å². The Balaban J connectivity index is 2.18. The van der Waals surface area contributed by atoms with E-state index >= 15 is 0 Å². The van der Waals surface area contributed by atoms with Gasteiger partial charge in [0.25, 0.3) is 5.69 Å². The zero-order valence-corrected chi connectivity index (χ0v) is 14.0. The molecule has 0 bridgehead atoms. The number of aryl methyl sites for hydroxylation is 1. The molecule has 0 heterocycles. The van der Waals surface area contributed by atoms with Crippen molar-refractivity contribution in [1.82, 2.24) is 5.32 Å². The highest BCUT2D eigenvalue weighted by Crippen LogP contribution is 2.25. The Morgan fingerprint density at radius 2 is 1.88 bits per heavy atom. The van der Waals surface area contributed by atoms with Crippen molar-refractivity contribution in [1.29, 1.82) is 0 Å². The van der Waals surface area contributed by atoms with Crippen LogP contribution in [-0.2, 0) is 5.54 Å². The SMILES string of the molecule is CCC(C)(NC(=O)Nc1cc([N+](=O)[O-])ccc1C)c1ccccc1. The number of nitrogens with one attached hydrogen (secondary N) is 2. The Kier molecular flexibility index (Phi) is 5.18. The molecule has 2 rings (SSSR count). The van der Waals surface area contributed by atoms with Gasteiger partial charge in [-0.15, -0.1) is 0 Å². The second-order valence-electron chi connectivity index (χ2n) is 5.89. The van der Waals surface area contributed by atoms with E-state index in [1.54, 1.807) is 13.0 Å². The summed E-state index contributed by atoms with van der Waals surface area (Å²) in [6.45, 7) is 5.73. The molecule has 2 aromatic carbocycles. The maximum Gasteiger partial charge on any atom is 0.319 e. The van der Waals surface area contributed by atoms with Crippen molar-refractivity contribution in [2.45, 2.75) is 32.7 Å². The van der Waals surface area contributed by atoms with E-state index in [4.69, 9.17) is 0 Å². The zero-order valence-electron chi connectivity index (χ0n) is 14.0. The highest BCUT2D eigenvalue weighted by Gasteiger charge is 2.26. The molecule has 2 amide bonds. The number of rotatable bonds is 5. The summed E-state index contributed by atoms with van der Waals surface area (Å²) < 4.78 is 0. The second-order valence-corrected chi connectivity index (χ2v) is 5.89. The van der Waals surface area contributed by atoms with Gasteiger partial charge >= 0.3 is 6.03 Å². The van der Waals surface area contributed by atoms with Crippen molar-refractivity contribution in [2.24, 2.45) is 0 Å². The highest BCUT2D eigenvalue weighted by molar-refractivity contribution is 5.91. The Labute approximate surface area is 141 Å². The summed E-state index contributed by atoms with van der Waals surface area (Å²) in [5.74, 6) is 0. The lowest BCUT2D eigenvalue weighted by molar-refractivity contribution is -0.384. The molecule has 2 aromatic rings. The number of benzene rings is 2. The van der Waals surface area contributed by atoms with Crippen LogP contribution in [0.15, 0.2) is 48.5 Å². The molecule has 6 heteroatoms. The lowest BCUT2D eigenvalue weighted by Gasteiger charge is -2.30. The summed E-state index contributed by atoms with van der Waals surface area (Å²) in [7, 11) is 0. The third-order valence-corrected chi connectivity index (χ3v) is 4.19. The molecule has 0 saturated heterocycles. The minimum absolute atomic E-state index is 0.0581. The molecule has 6 nitrogen and oxygen atoms in total. The Morgan fingerprint density at radius 3 is 2.46 bits per heavy atom. The standard InChI is InChI=1S/C18H21N3O3/c1-4-18(3,14-8-6-5-7-9-14)20-17(22)19-16-12-15(21(23)24)11-10-13(16)2/h5-12H,4H2,1-3H3,(H2,19,20,22). The number of hydrogen-bond donors (Lipinski definition) is 2. The molecule has 0 radical (unpaired) electrons. The molecule has 0 saturated carbocycles. The van der Waals surface area contributed by atoms with Gasteiger partial charge in [-0.3, -0.25) is 10.1 Å². The largest absolute Gasteiger partial charge is 0.329 e.